The van der Waals surface area contributed by atoms with Crippen molar-refractivity contribution in [3.05, 3.63) is 46.8 Å². The second-order valence-electron chi connectivity index (χ2n) is 12.6. The number of aliphatic hydroxyl groups is 1. The molecule has 3 rings (SSSR count). The summed E-state index contributed by atoms with van der Waals surface area (Å²) in [5.41, 5.74) is 4.12. The molecule has 3 aliphatic carbocycles. The molecule has 0 saturated heterocycles. The topological polar surface area (TPSA) is 54.4 Å². The van der Waals surface area contributed by atoms with Crippen LogP contribution in [0.1, 0.15) is 100 Å². The average molecular weight is 467 g/mol. The van der Waals surface area contributed by atoms with Crippen molar-refractivity contribution in [3.63, 3.8) is 0 Å². The number of ketones is 1. The van der Waals surface area contributed by atoms with Crippen LogP contribution >= 0.6 is 0 Å². The van der Waals surface area contributed by atoms with Crippen molar-refractivity contribution >= 4 is 12.1 Å². The maximum atomic E-state index is 12.1. The Bertz CT molecular complexity index is 965. The van der Waals surface area contributed by atoms with Crippen molar-refractivity contribution in [2.24, 2.45) is 33.5 Å². The summed E-state index contributed by atoms with van der Waals surface area (Å²) in [4.78, 5) is 23.8. The van der Waals surface area contributed by atoms with Crippen molar-refractivity contribution < 1.29 is 14.7 Å². The zero-order valence-electron chi connectivity index (χ0n) is 22.8. The first kappa shape index (κ1) is 26.7. The molecule has 3 aliphatic rings. The minimum atomic E-state index is -0.236. The van der Waals surface area contributed by atoms with Gasteiger partial charge in [-0.3, -0.25) is 4.79 Å². The third-order valence-corrected chi connectivity index (χ3v) is 10.6. The fourth-order valence-electron chi connectivity index (χ4n) is 8.21. The Morgan fingerprint density at radius 2 is 1.79 bits per heavy atom. The van der Waals surface area contributed by atoms with Crippen molar-refractivity contribution in [1.82, 2.24) is 0 Å². The fraction of sp³-hybridized carbons (Fsp3) is 0.677. The van der Waals surface area contributed by atoms with E-state index in [1.807, 2.05) is 6.92 Å². The summed E-state index contributed by atoms with van der Waals surface area (Å²) in [5.74, 6) is 1.48. The first-order valence-electron chi connectivity index (χ1n) is 13.2. The lowest BCUT2D eigenvalue weighted by Gasteiger charge is -2.64. The van der Waals surface area contributed by atoms with Crippen LogP contribution in [-0.2, 0) is 9.59 Å². The van der Waals surface area contributed by atoms with Crippen LogP contribution < -0.4 is 0 Å². The molecule has 0 radical (unpaired) electrons. The molecule has 0 unspecified atom stereocenters. The number of carbonyl (C=O) groups excluding carboxylic acids is 2. The maximum Gasteiger partial charge on any atom is 0.143 e. The molecule has 0 aromatic heterocycles. The third kappa shape index (κ3) is 4.07. The second kappa shape index (κ2) is 9.28. The molecule has 2 saturated carbocycles. The average Bonchev–Trinajstić information content (AvgIpc) is 2.78. The molecule has 0 heterocycles. The molecule has 0 amide bonds. The lowest BCUT2D eigenvalue weighted by atomic mass is 9.40. The molecule has 0 aromatic carbocycles. The van der Waals surface area contributed by atoms with Gasteiger partial charge in [-0.05, 0) is 103 Å². The van der Waals surface area contributed by atoms with Gasteiger partial charge in [-0.15, -0.1) is 0 Å². The Hall–Kier alpha value is -1.90. The van der Waals surface area contributed by atoms with Crippen molar-refractivity contribution in [2.75, 3.05) is 0 Å². The van der Waals surface area contributed by atoms with Gasteiger partial charge < -0.3 is 9.90 Å². The summed E-state index contributed by atoms with van der Waals surface area (Å²) in [5, 5.41) is 9.73. The van der Waals surface area contributed by atoms with Crippen molar-refractivity contribution in [1.29, 1.82) is 0 Å². The van der Waals surface area contributed by atoms with Crippen LogP contribution in [0.25, 0.3) is 0 Å². The van der Waals surface area contributed by atoms with Crippen LogP contribution in [-0.4, -0.2) is 17.2 Å². The first-order chi connectivity index (χ1) is 15.8. The van der Waals surface area contributed by atoms with Crippen LogP contribution in [0.5, 0.6) is 0 Å². The maximum absolute atomic E-state index is 12.1. The van der Waals surface area contributed by atoms with E-state index in [0.29, 0.717) is 24.0 Å². The van der Waals surface area contributed by atoms with E-state index in [0.717, 1.165) is 61.4 Å². The number of rotatable bonds is 6. The van der Waals surface area contributed by atoms with Crippen molar-refractivity contribution in [3.8, 4) is 0 Å². The van der Waals surface area contributed by atoms with Gasteiger partial charge in [0.2, 0.25) is 0 Å². The number of aldehydes is 1. The predicted octanol–water partition coefficient (Wildman–Crippen LogP) is 8.08. The summed E-state index contributed by atoms with van der Waals surface area (Å²) in [6.45, 7) is 18.0. The van der Waals surface area contributed by atoms with Crippen LogP contribution in [0, 0.1) is 33.5 Å². The summed E-state index contributed by atoms with van der Waals surface area (Å²) in [7, 11) is 0. The zero-order chi connectivity index (χ0) is 25.5. The highest BCUT2D eigenvalue weighted by Gasteiger charge is 2.61. The van der Waals surface area contributed by atoms with E-state index < -0.39 is 0 Å². The molecule has 0 aromatic rings. The number of aliphatic hydroxyl groups excluding tert-OH is 1. The van der Waals surface area contributed by atoms with E-state index >= 15 is 0 Å². The Labute approximate surface area is 207 Å². The highest BCUT2D eigenvalue weighted by molar-refractivity contribution is 5.76. The van der Waals surface area contributed by atoms with Gasteiger partial charge in [-0.2, -0.15) is 0 Å². The molecule has 188 valence electrons. The molecule has 0 bridgehead atoms. The van der Waals surface area contributed by atoms with E-state index in [4.69, 9.17) is 0 Å². The Kier molecular flexibility index (Phi) is 7.29. The molecule has 34 heavy (non-hydrogen) atoms. The number of fused-ring (bicyclic) bond motifs is 1. The highest BCUT2D eigenvalue weighted by Crippen LogP contribution is 2.70. The van der Waals surface area contributed by atoms with Crippen LogP contribution in [0.15, 0.2) is 46.8 Å². The molecule has 0 spiro atoms. The predicted molar refractivity (Wildman–Crippen MR) is 140 cm³/mol. The van der Waals surface area contributed by atoms with E-state index in [9.17, 15) is 14.7 Å². The van der Waals surface area contributed by atoms with E-state index in [2.05, 4.69) is 53.7 Å². The third-order valence-electron chi connectivity index (χ3n) is 10.6. The fourth-order valence-corrected chi connectivity index (χ4v) is 8.21. The normalized spacial score (nSPS) is 42.0. The van der Waals surface area contributed by atoms with Crippen LogP contribution in [0.3, 0.4) is 0 Å². The lowest BCUT2D eigenvalue weighted by molar-refractivity contribution is -0.122. The van der Waals surface area contributed by atoms with E-state index in [-0.39, 0.29) is 21.7 Å². The molecule has 6 atom stereocenters. The van der Waals surface area contributed by atoms with Gasteiger partial charge in [0.15, 0.2) is 0 Å². The van der Waals surface area contributed by atoms with Gasteiger partial charge in [0.05, 0.1) is 6.26 Å². The smallest absolute Gasteiger partial charge is 0.143 e. The van der Waals surface area contributed by atoms with Gasteiger partial charge in [0.25, 0.3) is 0 Å². The molecule has 3 nitrogen and oxygen atoms in total. The Balaban J connectivity index is 2.15. The monoisotopic (exact) mass is 466 g/mol. The van der Waals surface area contributed by atoms with Gasteiger partial charge in [-0.25, -0.2) is 0 Å². The van der Waals surface area contributed by atoms with Gasteiger partial charge >= 0.3 is 0 Å². The number of Topliss-reactive ketones (excluding diaryl/α,β-unsaturated/α-hetero) is 1. The molecule has 0 aliphatic heterocycles. The summed E-state index contributed by atoms with van der Waals surface area (Å²) < 4.78 is 0. The quantitative estimate of drug-likeness (QED) is 0.244. The Morgan fingerprint density at radius 1 is 1.12 bits per heavy atom. The highest BCUT2D eigenvalue weighted by atomic mass is 16.2. The van der Waals surface area contributed by atoms with Crippen LogP contribution in [0.4, 0.5) is 0 Å². The van der Waals surface area contributed by atoms with Crippen molar-refractivity contribution in [2.45, 2.75) is 100 Å². The summed E-state index contributed by atoms with van der Waals surface area (Å²) >= 11 is 0. The number of hydrogen-bond acceptors (Lipinski definition) is 3. The van der Waals surface area contributed by atoms with E-state index in [1.165, 1.54) is 12.0 Å². The largest absolute Gasteiger partial charge is 0.515 e. The molecule has 3 heteroatoms. The second-order valence-corrected chi connectivity index (χ2v) is 12.6. The summed E-state index contributed by atoms with van der Waals surface area (Å²) in [6.07, 6.45) is 15.4. The molecule has 2 fully saturated rings. The van der Waals surface area contributed by atoms with E-state index in [1.54, 1.807) is 13.0 Å². The van der Waals surface area contributed by atoms with Gasteiger partial charge in [0, 0.05) is 11.8 Å². The number of carbonyl (C=O) groups is 2. The van der Waals surface area contributed by atoms with Gasteiger partial charge in [-0.1, -0.05) is 59.3 Å². The minimum Gasteiger partial charge on any atom is -0.515 e. The first-order valence-corrected chi connectivity index (χ1v) is 13.2. The van der Waals surface area contributed by atoms with Gasteiger partial charge in [0.1, 0.15) is 12.1 Å². The zero-order valence-corrected chi connectivity index (χ0v) is 22.8. The van der Waals surface area contributed by atoms with Crippen LogP contribution in [0.2, 0.25) is 0 Å². The Morgan fingerprint density at radius 3 is 2.35 bits per heavy atom. The summed E-state index contributed by atoms with van der Waals surface area (Å²) in [6, 6.07) is 0. The molecular formula is C31H46O3. The number of hydrogen-bond donors (Lipinski definition) is 1. The molecule has 1 N–H and O–H groups in total. The molecular weight excluding hydrogens is 420 g/mol. The SMILES string of the molecule is CC[C@]1(C)C2=CC=C(/C(C)=C/O)/C(=C\C=O)[C@]2(C)CC[C@@]1(C)[C@@H]1C[C@](C)(CC(C)=O)CC[C@H]1C. The lowest BCUT2D eigenvalue weighted by Crippen LogP contribution is -2.55. The number of allylic oxidation sites excluding steroid dienone is 7. The standard InChI is InChI=1S/C31H46O3/c1-9-30(7)27-11-10-24(22(3)20-33)25(13-17-32)29(27,6)15-16-31(30,8)26-19-28(5,18-23(4)34)14-12-21(26)2/h10-11,13,17,20-21,26,33H,9,12,14-16,18-19H2,1-8H3/b22-20+,25-13+/t21-,26-,28+,29+,30-,31+/m1/s1. The minimum absolute atomic E-state index is 0.0335.